The van der Waals surface area contributed by atoms with Crippen molar-refractivity contribution in [2.75, 3.05) is 0 Å². The SMILES string of the molecule is CCn1cnc(C)c1/C=C\CC(=O)NC(=S)NC(C)C. The fraction of sp³-hybridized carbons (Fsp3) is 0.500. The molecule has 0 bridgehead atoms. The van der Waals surface area contributed by atoms with Crippen molar-refractivity contribution in [1.82, 2.24) is 20.2 Å². The minimum absolute atomic E-state index is 0.125. The molecular formula is C14H22N4OS. The number of aromatic nitrogens is 2. The summed E-state index contributed by atoms with van der Waals surface area (Å²) in [6, 6.07) is 0.208. The van der Waals surface area contributed by atoms with Crippen LogP contribution in [0.15, 0.2) is 12.4 Å². The molecule has 0 radical (unpaired) electrons. The molecule has 0 saturated carbocycles. The fourth-order valence-corrected chi connectivity index (χ4v) is 2.06. The molecule has 1 rings (SSSR count). The van der Waals surface area contributed by atoms with Crippen molar-refractivity contribution < 1.29 is 4.79 Å². The van der Waals surface area contributed by atoms with E-state index in [4.69, 9.17) is 12.2 Å². The maximum Gasteiger partial charge on any atom is 0.229 e. The molecule has 0 aliphatic rings. The van der Waals surface area contributed by atoms with Crippen LogP contribution >= 0.6 is 12.2 Å². The zero-order valence-electron chi connectivity index (χ0n) is 12.4. The number of nitrogens with zero attached hydrogens (tertiary/aromatic N) is 2. The predicted molar refractivity (Wildman–Crippen MR) is 85.3 cm³/mol. The van der Waals surface area contributed by atoms with Gasteiger partial charge < -0.3 is 15.2 Å². The molecule has 2 N–H and O–H groups in total. The molecule has 0 aromatic carbocycles. The molecule has 1 aromatic rings. The summed E-state index contributed by atoms with van der Waals surface area (Å²) < 4.78 is 2.04. The Kier molecular flexibility index (Phi) is 6.38. The summed E-state index contributed by atoms with van der Waals surface area (Å²) in [7, 11) is 0. The Bertz CT molecular complexity index is 505. The quantitative estimate of drug-likeness (QED) is 0.816. The highest BCUT2D eigenvalue weighted by molar-refractivity contribution is 7.80. The fourth-order valence-electron chi connectivity index (χ4n) is 1.71. The van der Waals surface area contributed by atoms with Crippen LogP contribution in [-0.4, -0.2) is 26.6 Å². The molecule has 0 aliphatic carbocycles. The average molecular weight is 294 g/mol. The van der Waals surface area contributed by atoms with E-state index in [0.717, 1.165) is 17.9 Å². The second-order valence-electron chi connectivity index (χ2n) is 4.78. The van der Waals surface area contributed by atoms with Gasteiger partial charge in [0, 0.05) is 19.0 Å². The standard InChI is InChI=1S/C14H22N4OS/c1-5-18-9-15-11(4)12(18)7-6-8-13(19)17-14(20)16-10(2)3/h6-7,9-10H,5,8H2,1-4H3,(H2,16,17,19,20)/b7-6-. The van der Waals surface area contributed by atoms with E-state index in [2.05, 4.69) is 22.5 Å². The lowest BCUT2D eigenvalue weighted by Gasteiger charge is -2.11. The normalized spacial score (nSPS) is 11.1. The maximum atomic E-state index is 11.7. The van der Waals surface area contributed by atoms with Gasteiger partial charge in [-0.15, -0.1) is 0 Å². The first-order valence-corrected chi connectivity index (χ1v) is 7.13. The molecule has 6 heteroatoms. The number of hydrogen-bond donors (Lipinski definition) is 2. The Morgan fingerprint density at radius 1 is 1.55 bits per heavy atom. The van der Waals surface area contributed by atoms with E-state index in [1.807, 2.05) is 37.5 Å². The molecule has 1 heterocycles. The molecule has 110 valence electrons. The van der Waals surface area contributed by atoms with Crippen LogP contribution in [0.3, 0.4) is 0 Å². The van der Waals surface area contributed by atoms with E-state index in [1.165, 1.54) is 0 Å². The lowest BCUT2D eigenvalue weighted by Crippen LogP contribution is -2.42. The number of carbonyl (C=O) groups is 1. The minimum atomic E-state index is -0.125. The molecule has 1 aromatic heterocycles. The Labute approximate surface area is 125 Å². The Hall–Kier alpha value is -1.69. The van der Waals surface area contributed by atoms with Crippen LogP contribution in [0.4, 0.5) is 0 Å². The average Bonchev–Trinajstić information content (AvgIpc) is 2.69. The summed E-state index contributed by atoms with van der Waals surface area (Å²) in [5, 5.41) is 5.98. The molecule has 0 atom stereocenters. The second-order valence-corrected chi connectivity index (χ2v) is 5.19. The number of hydrogen-bond acceptors (Lipinski definition) is 3. The number of carbonyl (C=O) groups excluding carboxylic acids is 1. The highest BCUT2D eigenvalue weighted by atomic mass is 32.1. The van der Waals surface area contributed by atoms with Gasteiger partial charge in [-0.05, 0) is 46.0 Å². The van der Waals surface area contributed by atoms with E-state index in [-0.39, 0.29) is 18.4 Å². The lowest BCUT2D eigenvalue weighted by molar-refractivity contribution is -0.118. The number of nitrogens with one attached hydrogen (secondary N) is 2. The molecular weight excluding hydrogens is 272 g/mol. The summed E-state index contributed by atoms with van der Waals surface area (Å²) in [5.41, 5.74) is 1.99. The smallest absolute Gasteiger partial charge is 0.229 e. The van der Waals surface area contributed by atoms with Gasteiger partial charge in [-0.25, -0.2) is 4.98 Å². The monoisotopic (exact) mass is 294 g/mol. The topological polar surface area (TPSA) is 59.0 Å². The molecule has 0 aliphatic heterocycles. The highest BCUT2D eigenvalue weighted by Crippen LogP contribution is 2.08. The third kappa shape index (κ3) is 5.13. The van der Waals surface area contributed by atoms with Gasteiger partial charge in [0.15, 0.2) is 5.11 Å². The van der Waals surface area contributed by atoms with Crippen molar-refractivity contribution in [2.24, 2.45) is 0 Å². The summed E-state index contributed by atoms with van der Waals surface area (Å²) >= 11 is 5.02. The molecule has 1 amide bonds. The summed E-state index contributed by atoms with van der Waals surface area (Å²) in [6.07, 6.45) is 5.83. The van der Waals surface area contributed by atoms with Gasteiger partial charge in [0.2, 0.25) is 5.91 Å². The highest BCUT2D eigenvalue weighted by Gasteiger charge is 2.05. The van der Waals surface area contributed by atoms with Crippen LogP contribution in [0.2, 0.25) is 0 Å². The van der Waals surface area contributed by atoms with Gasteiger partial charge in [-0.1, -0.05) is 6.08 Å². The van der Waals surface area contributed by atoms with Gasteiger partial charge in [-0.3, -0.25) is 4.79 Å². The van der Waals surface area contributed by atoms with E-state index in [9.17, 15) is 4.79 Å². The molecule has 0 unspecified atom stereocenters. The van der Waals surface area contributed by atoms with Crippen molar-refractivity contribution in [3.8, 4) is 0 Å². The van der Waals surface area contributed by atoms with Crippen molar-refractivity contribution >= 4 is 29.3 Å². The predicted octanol–water partition coefficient (Wildman–Crippen LogP) is 2.01. The number of imidazole rings is 1. The van der Waals surface area contributed by atoms with E-state index >= 15 is 0 Å². The van der Waals surface area contributed by atoms with Crippen molar-refractivity contribution in [1.29, 1.82) is 0 Å². The van der Waals surface area contributed by atoms with Crippen LogP contribution in [0.5, 0.6) is 0 Å². The molecule has 20 heavy (non-hydrogen) atoms. The van der Waals surface area contributed by atoms with Crippen LogP contribution in [0.1, 0.15) is 38.6 Å². The first-order valence-electron chi connectivity index (χ1n) is 6.72. The summed E-state index contributed by atoms with van der Waals surface area (Å²) in [4.78, 5) is 15.9. The van der Waals surface area contributed by atoms with E-state index < -0.39 is 0 Å². The largest absolute Gasteiger partial charge is 0.360 e. The van der Waals surface area contributed by atoms with Gasteiger partial charge in [0.1, 0.15) is 0 Å². The zero-order chi connectivity index (χ0) is 15.1. The van der Waals surface area contributed by atoms with Gasteiger partial charge in [0.05, 0.1) is 17.7 Å². The number of aryl methyl sites for hydroxylation is 2. The maximum absolute atomic E-state index is 11.7. The van der Waals surface area contributed by atoms with Crippen LogP contribution in [-0.2, 0) is 11.3 Å². The third-order valence-corrected chi connectivity index (χ3v) is 2.88. The number of amides is 1. The van der Waals surface area contributed by atoms with E-state index in [1.54, 1.807) is 6.33 Å². The van der Waals surface area contributed by atoms with Crippen LogP contribution in [0.25, 0.3) is 6.08 Å². The molecule has 5 nitrogen and oxygen atoms in total. The summed E-state index contributed by atoms with van der Waals surface area (Å²) in [5.74, 6) is -0.125. The lowest BCUT2D eigenvalue weighted by atomic mass is 10.2. The molecule has 0 saturated heterocycles. The Morgan fingerprint density at radius 3 is 2.85 bits per heavy atom. The first kappa shape index (κ1) is 16.4. The van der Waals surface area contributed by atoms with Crippen LogP contribution < -0.4 is 10.6 Å². The van der Waals surface area contributed by atoms with Gasteiger partial charge >= 0.3 is 0 Å². The minimum Gasteiger partial charge on any atom is -0.360 e. The first-order chi connectivity index (χ1) is 9.43. The van der Waals surface area contributed by atoms with Crippen molar-refractivity contribution in [3.63, 3.8) is 0 Å². The Morgan fingerprint density at radius 2 is 2.25 bits per heavy atom. The second kappa shape index (κ2) is 7.79. The molecule has 0 spiro atoms. The van der Waals surface area contributed by atoms with Crippen molar-refractivity contribution in [3.05, 3.63) is 23.8 Å². The number of thiocarbonyl (C=S) groups is 1. The molecule has 0 fully saturated rings. The van der Waals surface area contributed by atoms with Crippen LogP contribution in [0, 0.1) is 6.92 Å². The van der Waals surface area contributed by atoms with Crippen molar-refractivity contribution in [2.45, 2.75) is 46.7 Å². The van der Waals surface area contributed by atoms with E-state index in [0.29, 0.717) is 5.11 Å². The number of rotatable bonds is 5. The van der Waals surface area contributed by atoms with Gasteiger partial charge in [0.25, 0.3) is 0 Å². The van der Waals surface area contributed by atoms with Gasteiger partial charge in [-0.2, -0.15) is 0 Å². The third-order valence-electron chi connectivity index (χ3n) is 2.66. The Balaban J connectivity index is 2.50. The zero-order valence-corrected chi connectivity index (χ0v) is 13.3. The summed E-state index contributed by atoms with van der Waals surface area (Å²) in [6.45, 7) is 8.80.